The minimum absolute atomic E-state index is 0.163. The highest BCUT2D eigenvalue weighted by Crippen LogP contribution is 2.47. The number of rotatable bonds is 7. The molecular weight excluding hydrogens is 419 g/mol. The SMILES string of the molecule is COC1C(OC)[C@@H](COP(=O)(O)N2CCOCC2)O[C@H]1n1cnc2c(N)ncnc21. The second-order valence-corrected chi connectivity index (χ2v) is 8.71. The molecule has 0 saturated carbocycles. The molecule has 3 unspecified atom stereocenters. The number of aromatic nitrogens is 4. The third kappa shape index (κ3) is 3.95. The van der Waals surface area contributed by atoms with Crippen LogP contribution < -0.4 is 5.73 Å². The Balaban J connectivity index is 1.53. The highest BCUT2D eigenvalue weighted by molar-refractivity contribution is 7.50. The molecule has 5 atom stereocenters. The maximum atomic E-state index is 12.6. The number of anilines is 1. The lowest BCUT2D eigenvalue weighted by Crippen LogP contribution is -2.38. The van der Waals surface area contributed by atoms with Crippen LogP contribution in [0.15, 0.2) is 12.7 Å². The first-order valence-corrected chi connectivity index (χ1v) is 10.9. The van der Waals surface area contributed by atoms with Gasteiger partial charge >= 0.3 is 7.75 Å². The van der Waals surface area contributed by atoms with Gasteiger partial charge in [-0.2, -0.15) is 0 Å². The van der Waals surface area contributed by atoms with Crippen molar-refractivity contribution in [1.82, 2.24) is 24.2 Å². The third-order valence-corrected chi connectivity index (χ3v) is 6.84. The van der Waals surface area contributed by atoms with Crippen LogP contribution in [-0.2, 0) is 28.0 Å². The summed E-state index contributed by atoms with van der Waals surface area (Å²) in [5, 5.41) is 0. The van der Waals surface area contributed by atoms with Crippen LogP contribution in [0.3, 0.4) is 0 Å². The molecule has 14 heteroatoms. The van der Waals surface area contributed by atoms with Crippen molar-refractivity contribution in [3.63, 3.8) is 0 Å². The van der Waals surface area contributed by atoms with Crippen molar-refractivity contribution in [2.45, 2.75) is 24.5 Å². The molecule has 30 heavy (non-hydrogen) atoms. The fourth-order valence-electron chi connectivity index (χ4n) is 3.72. The van der Waals surface area contributed by atoms with Crippen LogP contribution in [-0.4, -0.2) is 94.5 Å². The average molecular weight is 444 g/mol. The summed E-state index contributed by atoms with van der Waals surface area (Å²) < 4.78 is 43.6. The molecule has 2 aromatic heterocycles. The van der Waals surface area contributed by atoms with Crippen LogP contribution in [0.25, 0.3) is 11.2 Å². The minimum Gasteiger partial charge on any atom is -0.382 e. The Morgan fingerprint density at radius 3 is 2.67 bits per heavy atom. The molecule has 0 amide bonds. The van der Waals surface area contributed by atoms with E-state index in [9.17, 15) is 9.46 Å². The molecule has 0 spiro atoms. The Kier molecular flexibility index (Phi) is 6.32. The molecule has 2 aliphatic rings. The Morgan fingerprint density at radius 2 is 1.97 bits per heavy atom. The molecule has 4 heterocycles. The van der Waals surface area contributed by atoms with Gasteiger partial charge in [-0.3, -0.25) is 9.09 Å². The van der Waals surface area contributed by atoms with E-state index in [1.54, 1.807) is 4.57 Å². The second kappa shape index (κ2) is 8.81. The van der Waals surface area contributed by atoms with E-state index in [4.69, 9.17) is 29.2 Å². The Labute approximate surface area is 172 Å². The summed E-state index contributed by atoms with van der Waals surface area (Å²) in [6, 6.07) is 0. The van der Waals surface area contributed by atoms with Gasteiger partial charge < -0.3 is 29.6 Å². The Bertz CT molecular complexity index is 923. The first-order chi connectivity index (χ1) is 14.5. The molecule has 0 aromatic carbocycles. The first kappa shape index (κ1) is 21.5. The van der Waals surface area contributed by atoms with Crippen LogP contribution in [0, 0.1) is 0 Å². The van der Waals surface area contributed by atoms with E-state index in [0.29, 0.717) is 37.5 Å². The molecule has 166 valence electrons. The van der Waals surface area contributed by atoms with Gasteiger partial charge in [0, 0.05) is 27.3 Å². The molecule has 0 radical (unpaired) electrons. The van der Waals surface area contributed by atoms with Gasteiger partial charge in [0.2, 0.25) is 0 Å². The molecule has 2 saturated heterocycles. The van der Waals surface area contributed by atoms with Crippen molar-refractivity contribution in [3.8, 4) is 0 Å². The van der Waals surface area contributed by atoms with Gasteiger partial charge in [-0.25, -0.2) is 24.2 Å². The summed E-state index contributed by atoms with van der Waals surface area (Å²) in [6.07, 6.45) is 0.454. The number of nitrogens with zero attached hydrogens (tertiary/aromatic N) is 5. The van der Waals surface area contributed by atoms with E-state index in [-0.39, 0.29) is 12.4 Å². The summed E-state index contributed by atoms with van der Waals surface area (Å²) >= 11 is 0. The van der Waals surface area contributed by atoms with E-state index in [0.717, 1.165) is 0 Å². The number of ether oxygens (including phenoxy) is 4. The van der Waals surface area contributed by atoms with Gasteiger partial charge in [-0.1, -0.05) is 0 Å². The van der Waals surface area contributed by atoms with Gasteiger partial charge in [-0.05, 0) is 0 Å². The highest BCUT2D eigenvalue weighted by Gasteiger charge is 2.48. The lowest BCUT2D eigenvalue weighted by atomic mass is 10.1. The average Bonchev–Trinajstić information content (AvgIpc) is 3.34. The van der Waals surface area contributed by atoms with E-state index >= 15 is 0 Å². The highest BCUT2D eigenvalue weighted by atomic mass is 31.2. The molecule has 2 aliphatic heterocycles. The number of morpholine rings is 1. The van der Waals surface area contributed by atoms with E-state index < -0.39 is 32.3 Å². The molecule has 2 fully saturated rings. The van der Waals surface area contributed by atoms with E-state index in [1.165, 1.54) is 31.5 Å². The monoisotopic (exact) mass is 444 g/mol. The van der Waals surface area contributed by atoms with Crippen LogP contribution in [0.5, 0.6) is 0 Å². The lowest BCUT2D eigenvalue weighted by Gasteiger charge is -2.30. The van der Waals surface area contributed by atoms with Gasteiger partial charge in [0.25, 0.3) is 0 Å². The van der Waals surface area contributed by atoms with Crippen molar-refractivity contribution in [1.29, 1.82) is 0 Å². The lowest BCUT2D eigenvalue weighted by molar-refractivity contribution is -0.0579. The Morgan fingerprint density at radius 1 is 1.23 bits per heavy atom. The summed E-state index contributed by atoms with van der Waals surface area (Å²) in [4.78, 5) is 22.8. The zero-order valence-electron chi connectivity index (χ0n) is 16.7. The standard InChI is InChI=1S/C16H25N6O7P/c1-25-12-10(7-28-30(23,24)21-3-5-27-6-4-21)29-16(13(12)26-2)22-9-20-11-14(17)18-8-19-15(11)22/h8-10,12-13,16H,3-7H2,1-2H3,(H,23,24)(H2,17,18,19)/t10-,12?,13?,16-/m1/s1. The topological polar surface area (TPSA) is 156 Å². The summed E-state index contributed by atoms with van der Waals surface area (Å²) in [5.41, 5.74) is 6.79. The van der Waals surface area contributed by atoms with E-state index in [2.05, 4.69) is 15.0 Å². The number of imidazole rings is 1. The third-order valence-electron chi connectivity index (χ3n) is 5.24. The largest absolute Gasteiger partial charge is 0.405 e. The minimum atomic E-state index is -3.99. The van der Waals surface area contributed by atoms with Crippen LogP contribution in [0.4, 0.5) is 5.82 Å². The zero-order valence-corrected chi connectivity index (χ0v) is 17.6. The summed E-state index contributed by atoms with van der Waals surface area (Å²) in [7, 11) is -0.943. The van der Waals surface area contributed by atoms with Crippen LogP contribution in [0.1, 0.15) is 6.23 Å². The molecule has 2 aromatic rings. The Hall–Kier alpha value is -1.70. The van der Waals surface area contributed by atoms with Gasteiger partial charge in [-0.15, -0.1) is 0 Å². The molecule has 0 aliphatic carbocycles. The number of methoxy groups -OCH3 is 2. The fraction of sp³-hybridized carbons (Fsp3) is 0.688. The maximum Gasteiger partial charge on any atom is 0.405 e. The van der Waals surface area contributed by atoms with E-state index in [1.807, 2.05) is 0 Å². The van der Waals surface area contributed by atoms with Crippen molar-refractivity contribution < 1.29 is 32.9 Å². The maximum absolute atomic E-state index is 12.6. The quantitative estimate of drug-likeness (QED) is 0.542. The zero-order chi connectivity index (χ0) is 21.3. The normalized spacial score (nSPS) is 30.0. The van der Waals surface area contributed by atoms with Crippen LogP contribution >= 0.6 is 7.75 Å². The van der Waals surface area contributed by atoms with Crippen molar-refractivity contribution in [3.05, 3.63) is 12.7 Å². The summed E-state index contributed by atoms with van der Waals surface area (Å²) in [5.74, 6) is 0.251. The number of fused-ring (bicyclic) bond motifs is 1. The van der Waals surface area contributed by atoms with Gasteiger partial charge in [0.05, 0.1) is 26.1 Å². The predicted molar refractivity (Wildman–Crippen MR) is 103 cm³/mol. The number of nitrogens with two attached hydrogens (primary N) is 1. The van der Waals surface area contributed by atoms with Crippen molar-refractivity contribution in [2.75, 3.05) is 52.9 Å². The molecule has 0 bridgehead atoms. The number of hydrogen-bond donors (Lipinski definition) is 2. The van der Waals surface area contributed by atoms with Crippen molar-refractivity contribution in [2.24, 2.45) is 0 Å². The molecular formula is C16H25N6O7P. The fourth-order valence-corrected chi connectivity index (χ4v) is 4.89. The number of nitrogen functional groups attached to an aromatic ring is 1. The predicted octanol–water partition coefficient (Wildman–Crippen LogP) is -0.215. The smallest absolute Gasteiger partial charge is 0.382 e. The molecule has 4 rings (SSSR count). The van der Waals surface area contributed by atoms with Gasteiger partial charge in [0.15, 0.2) is 17.7 Å². The second-order valence-electron chi connectivity index (χ2n) is 6.90. The molecule has 3 N–H and O–H groups in total. The van der Waals surface area contributed by atoms with Gasteiger partial charge in [0.1, 0.15) is 30.2 Å². The first-order valence-electron chi connectivity index (χ1n) is 9.41. The molecule has 13 nitrogen and oxygen atoms in total. The summed E-state index contributed by atoms with van der Waals surface area (Å²) in [6.45, 7) is 1.23. The van der Waals surface area contributed by atoms with Crippen LogP contribution in [0.2, 0.25) is 0 Å². The van der Waals surface area contributed by atoms with Crippen molar-refractivity contribution >= 4 is 24.7 Å². The number of hydrogen-bond acceptors (Lipinski definition) is 10.